The predicted octanol–water partition coefficient (Wildman–Crippen LogP) is 2.29. The number of nitrogens with zero attached hydrogens (tertiary/aromatic N) is 2. The number of hydrogen-bond donors (Lipinski definition) is 1. The van der Waals surface area contributed by atoms with E-state index in [1.54, 1.807) is 0 Å². The first-order valence-corrected chi connectivity index (χ1v) is 7.19. The molecule has 0 amide bonds. The second-order valence-electron chi connectivity index (χ2n) is 3.81. The van der Waals surface area contributed by atoms with Crippen molar-refractivity contribution < 1.29 is 4.57 Å². The summed E-state index contributed by atoms with van der Waals surface area (Å²) in [6, 6.07) is 2.18. The third kappa shape index (κ3) is 4.71. The first kappa shape index (κ1) is 13.1. The average Bonchev–Trinajstić information content (AvgIpc) is 2.73. The molecule has 0 bridgehead atoms. The summed E-state index contributed by atoms with van der Waals surface area (Å²) in [6.45, 7) is 1.10. The van der Waals surface area contributed by atoms with E-state index in [2.05, 4.69) is 28.1 Å². The Morgan fingerprint density at radius 2 is 2.31 bits per heavy atom. The van der Waals surface area contributed by atoms with Crippen LogP contribution in [0.3, 0.4) is 0 Å². The number of nitrogens with one attached hydrogen (secondary N) is 1. The second kappa shape index (κ2) is 8.23. The Bertz CT molecular complexity index is 327. The summed E-state index contributed by atoms with van der Waals surface area (Å²) in [7, 11) is 0. The Labute approximate surface area is 102 Å². The molecule has 0 saturated carbocycles. The number of aromatic nitrogens is 2. The normalized spacial score (nSPS) is 10.2. The van der Waals surface area contributed by atoms with E-state index >= 15 is 0 Å². The minimum Gasteiger partial charge on any atom is -0.248 e. The molecule has 1 rings (SSSR count). The van der Waals surface area contributed by atoms with Crippen molar-refractivity contribution in [2.24, 2.45) is 0 Å². The molecule has 0 aliphatic carbocycles. The highest BCUT2D eigenvalue weighted by Crippen LogP contribution is 2.01. The molecule has 88 valence electrons. The van der Waals surface area contributed by atoms with Crippen LogP contribution in [-0.2, 0) is 13.0 Å². The maximum absolute atomic E-state index is 8.46. The third-order valence-corrected chi connectivity index (χ3v) is 3.25. The van der Waals surface area contributed by atoms with Gasteiger partial charge < -0.3 is 0 Å². The molecule has 0 fully saturated rings. The molecule has 16 heavy (non-hydrogen) atoms. The van der Waals surface area contributed by atoms with Gasteiger partial charge in [0.2, 0.25) is 0 Å². The van der Waals surface area contributed by atoms with E-state index in [9.17, 15) is 0 Å². The summed E-state index contributed by atoms with van der Waals surface area (Å²) in [5.41, 5.74) is 0. The molecule has 0 spiro atoms. The highest BCUT2D eigenvalue weighted by atomic mass is 32.2. The molecule has 0 unspecified atom stereocenters. The van der Waals surface area contributed by atoms with Gasteiger partial charge in [-0.2, -0.15) is 17.0 Å². The Morgan fingerprint density at radius 1 is 1.44 bits per heavy atom. The van der Waals surface area contributed by atoms with E-state index in [0.717, 1.165) is 25.8 Å². The molecule has 0 radical (unpaired) electrons. The lowest BCUT2D eigenvalue weighted by molar-refractivity contribution is -0.702. The molecule has 0 aliphatic rings. The minimum absolute atomic E-state index is 0.674. The van der Waals surface area contributed by atoms with Crippen LogP contribution in [0.4, 0.5) is 0 Å². The zero-order valence-corrected chi connectivity index (χ0v) is 10.7. The van der Waals surface area contributed by atoms with Crippen LogP contribution in [0.2, 0.25) is 0 Å². The van der Waals surface area contributed by atoms with E-state index in [0.29, 0.717) is 6.42 Å². The van der Waals surface area contributed by atoms with Crippen molar-refractivity contribution in [3.8, 4) is 6.07 Å². The van der Waals surface area contributed by atoms with E-state index in [-0.39, 0.29) is 0 Å². The fraction of sp³-hybridized carbons (Fsp3) is 0.667. The molecule has 0 aromatic carbocycles. The molecular weight excluding hydrogens is 218 g/mol. The minimum atomic E-state index is 0.674. The zero-order valence-electron chi connectivity index (χ0n) is 9.91. The van der Waals surface area contributed by atoms with Gasteiger partial charge in [-0.25, -0.2) is 9.55 Å². The fourth-order valence-electron chi connectivity index (χ4n) is 1.70. The summed E-state index contributed by atoms with van der Waals surface area (Å²) < 4.78 is 2.29. The van der Waals surface area contributed by atoms with Crippen LogP contribution < -0.4 is 4.57 Å². The van der Waals surface area contributed by atoms with Gasteiger partial charge in [-0.15, -0.1) is 0 Å². The lowest BCUT2D eigenvalue weighted by atomic mass is 10.2. The van der Waals surface area contributed by atoms with Crippen LogP contribution in [0, 0.1) is 11.3 Å². The van der Waals surface area contributed by atoms with Crippen LogP contribution in [-0.4, -0.2) is 17.0 Å². The van der Waals surface area contributed by atoms with Crippen molar-refractivity contribution in [1.29, 1.82) is 5.26 Å². The predicted molar refractivity (Wildman–Crippen MR) is 67.2 cm³/mol. The van der Waals surface area contributed by atoms with Gasteiger partial charge in [-0.3, -0.25) is 0 Å². The first-order chi connectivity index (χ1) is 7.88. The van der Waals surface area contributed by atoms with Crippen molar-refractivity contribution in [1.82, 2.24) is 4.98 Å². The van der Waals surface area contributed by atoms with Crippen molar-refractivity contribution in [3.05, 3.63) is 18.2 Å². The van der Waals surface area contributed by atoms with Crippen molar-refractivity contribution >= 4 is 11.8 Å². The third-order valence-electron chi connectivity index (χ3n) is 2.55. The Morgan fingerprint density at radius 3 is 3.06 bits per heavy atom. The lowest BCUT2D eigenvalue weighted by Gasteiger charge is -2.00. The molecule has 0 atom stereocenters. The van der Waals surface area contributed by atoms with Gasteiger partial charge in [0.05, 0.1) is 12.6 Å². The summed E-state index contributed by atoms with van der Waals surface area (Å²) >= 11 is 1.89. The van der Waals surface area contributed by atoms with Gasteiger partial charge in [0.15, 0.2) is 0 Å². The van der Waals surface area contributed by atoms with Crippen LogP contribution in [0.15, 0.2) is 12.4 Å². The van der Waals surface area contributed by atoms with E-state index < -0.39 is 0 Å². The van der Waals surface area contributed by atoms with Crippen molar-refractivity contribution in [2.45, 2.75) is 38.6 Å². The number of aryl methyl sites for hydroxylation is 2. The van der Waals surface area contributed by atoms with Crippen molar-refractivity contribution in [3.63, 3.8) is 0 Å². The highest BCUT2D eigenvalue weighted by molar-refractivity contribution is 7.98. The molecule has 1 aromatic heterocycles. The van der Waals surface area contributed by atoms with Gasteiger partial charge in [-0.05, 0) is 31.3 Å². The van der Waals surface area contributed by atoms with Gasteiger partial charge >= 0.3 is 0 Å². The van der Waals surface area contributed by atoms with E-state index in [4.69, 9.17) is 5.26 Å². The van der Waals surface area contributed by atoms with Gasteiger partial charge in [0.1, 0.15) is 12.4 Å². The number of hydrogen-bond acceptors (Lipinski definition) is 2. The molecule has 0 saturated heterocycles. The number of unbranched alkanes of at least 4 members (excludes halogenated alkanes) is 2. The van der Waals surface area contributed by atoms with E-state index in [1.807, 2.05) is 18.0 Å². The molecule has 1 aromatic rings. The highest BCUT2D eigenvalue weighted by Gasteiger charge is 2.09. The van der Waals surface area contributed by atoms with Gasteiger partial charge in [0, 0.05) is 12.8 Å². The Balaban J connectivity index is 2.29. The van der Waals surface area contributed by atoms with Gasteiger partial charge in [-0.1, -0.05) is 0 Å². The van der Waals surface area contributed by atoms with E-state index in [1.165, 1.54) is 18.0 Å². The van der Waals surface area contributed by atoms with Crippen LogP contribution in [0.5, 0.6) is 0 Å². The quantitative estimate of drug-likeness (QED) is 0.558. The molecule has 3 nitrogen and oxygen atoms in total. The Kier molecular flexibility index (Phi) is 6.75. The number of thioether (sulfide) groups is 1. The monoisotopic (exact) mass is 238 g/mol. The number of nitriles is 1. The molecular formula is C12H20N3S+. The summed E-state index contributed by atoms with van der Waals surface area (Å²) in [5, 5.41) is 8.46. The standard InChI is InChI=1S/C12H19N3S/c1-16-11-5-9-15-10-8-14-12(15)6-3-2-4-7-13/h8,10H,2-6,9,11H2,1H3/p+1. The molecule has 0 aliphatic heterocycles. The molecule has 1 heterocycles. The summed E-state index contributed by atoms with van der Waals surface area (Å²) in [6.07, 6.45) is 11.3. The number of rotatable bonds is 8. The number of aromatic amines is 1. The number of imidazole rings is 1. The number of H-pyrrole nitrogens is 1. The summed E-state index contributed by atoms with van der Waals surface area (Å²) in [5.74, 6) is 2.51. The van der Waals surface area contributed by atoms with Crippen LogP contribution in [0.25, 0.3) is 0 Å². The fourth-order valence-corrected chi connectivity index (χ4v) is 2.12. The average molecular weight is 238 g/mol. The maximum atomic E-state index is 8.46. The first-order valence-electron chi connectivity index (χ1n) is 5.80. The molecule has 1 N–H and O–H groups in total. The topological polar surface area (TPSA) is 43.5 Å². The van der Waals surface area contributed by atoms with Crippen LogP contribution in [0.1, 0.15) is 31.5 Å². The zero-order chi connectivity index (χ0) is 11.6. The Hall–Kier alpha value is -0.950. The second-order valence-corrected chi connectivity index (χ2v) is 4.80. The SMILES string of the molecule is CSCCC[n+]1cc[nH]c1CCCCC#N. The largest absolute Gasteiger partial charge is 0.254 e. The smallest absolute Gasteiger partial charge is 0.248 e. The van der Waals surface area contributed by atoms with Crippen molar-refractivity contribution in [2.75, 3.05) is 12.0 Å². The summed E-state index contributed by atoms with van der Waals surface area (Å²) in [4.78, 5) is 3.28. The van der Waals surface area contributed by atoms with Crippen LogP contribution >= 0.6 is 11.8 Å². The van der Waals surface area contributed by atoms with Gasteiger partial charge in [0.25, 0.3) is 5.82 Å². The maximum Gasteiger partial charge on any atom is 0.254 e. The molecule has 4 heteroatoms. The lowest BCUT2D eigenvalue weighted by Crippen LogP contribution is -2.36.